The maximum absolute atomic E-state index is 5.88. The minimum atomic E-state index is 0.648. The van der Waals surface area contributed by atoms with Gasteiger partial charge in [-0.05, 0) is 37.8 Å². The fourth-order valence-electron chi connectivity index (χ4n) is 4.29. The summed E-state index contributed by atoms with van der Waals surface area (Å²) < 4.78 is 8.35. The van der Waals surface area contributed by atoms with Crippen LogP contribution in [0.3, 0.4) is 0 Å². The van der Waals surface area contributed by atoms with Crippen LogP contribution in [0.15, 0.2) is 18.2 Å². The molecule has 0 bridgehead atoms. The molecular weight excluding hydrogens is 314 g/mol. The van der Waals surface area contributed by atoms with Crippen LogP contribution in [0, 0.1) is 0 Å². The van der Waals surface area contributed by atoms with Gasteiger partial charge in [-0.2, -0.15) is 0 Å². The molecule has 4 aliphatic rings. The smallest absolute Gasteiger partial charge is 0.152 e. The summed E-state index contributed by atoms with van der Waals surface area (Å²) in [7, 11) is 0. The van der Waals surface area contributed by atoms with Gasteiger partial charge in [-0.15, -0.1) is 10.2 Å². The number of rotatable bonds is 4. The summed E-state index contributed by atoms with van der Waals surface area (Å²) in [5, 5.41) is 9.18. The van der Waals surface area contributed by atoms with E-state index in [4.69, 9.17) is 4.74 Å². The molecule has 6 rings (SSSR count). The highest BCUT2D eigenvalue weighted by Gasteiger charge is 2.37. The zero-order valence-electron chi connectivity index (χ0n) is 14.4. The van der Waals surface area contributed by atoms with Crippen molar-refractivity contribution in [2.45, 2.75) is 44.2 Å². The molecule has 2 aliphatic heterocycles. The van der Waals surface area contributed by atoms with Gasteiger partial charge in [0.15, 0.2) is 5.82 Å². The molecule has 0 radical (unpaired) electrons. The van der Waals surface area contributed by atoms with Gasteiger partial charge < -0.3 is 19.1 Å². The molecule has 25 heavy (non-hydrogen) atoms. The van der Waals surface area contributed by atoms with Gasteiger partial charge in [0.2, 0.25) is 0 Å². The molecule has 0 atom stereocenters. The SMILES string of the molecule is c1cc2c3c(c1)N(Cc1nnc(C4CC4)n1C1CC1)CCN3CCO2. The first-order valence-corrected chi connectivity index (χ1v) is 9.58. The molecule has 0 saturated heterocycles. The minimum absolute atomic E-state index is 0.648. The lowest BCUT2D eigenvalue weighted by atomic mass is 10.1. The van der Waals surface area contributed by atoms with E-state index in [2.05, 4.69) is 42.8 Å². The second-order valence-corrected chi connectivity index (χ2v) is 7.73. The lowest BCUT2D eigenvalue weighted by molar-refractivity contribution is 0.306. The Morgan fingerprint density at radius 2 is 1.96 bits per heavy atom. The van der Waals surface area contributed by atoms with E-state index in [9.17, 15) is 0 Å². The average Bonchev–Trinajstić information content (AvgIpc) is 3.57. The zero-order valence-corrected chi connectivity index (χ0v) is 14.4. The molecule has 2 aliphatic carbocycles. The van der Waals surface area contributed by atoms with Crippen LogP contribution >= 0.6 is 0 Å². The first-order chi connectivity index (χ1) is 12.4. The van der Waals surface area contributed by atoms with Crippen molar-refractivity contribution < 1.29 is 4.74 Å². The largest absolute Gasteiger partial charge is 0.489 e. The van der Waals surface area contributed by atoms with Crippen molar-refractivity contribution in [1.29, 1.82) is 0 Å². The van der Waals surface area contributed by atoms with Gasteiger partial charge in [0.1, 0.15) is 23.9 Å². The highest BCUT2D eigenvalue weighted by Crippen LogP contribution is 2.46. The predicted octanol–water partition coefficient (Wildman–Crippen LogP) is 2.71. The Balaban J connectivity index is 1.36. The van der Waals surface area contributed by atoms with E-state index in [1.54, 1.807) is 0 Å². The van der Waals surface area contributed by atoms with Gasteiger partial charge in [0, 0.05) is 25.0 Å². The molecule has 2 aromatic rings. The molecule has 0 N–H and O–H groups in total. The van der Waals surface area contributed by atoms with Crippen molar-refractivity contribution in [2.75, 3.05) is 36.0 Å². The maximum atomic E-state index is 5.88. The van der Waals surface area contributed by atoms with E-state index in [1.165, 1.54) is 42.9 Å². The quantitative estimate of drug-likeness (QED) is 0.858. The van der Waals surface area contributed by atoms with Gasteiger partial charge in [-0.1, -0.05) is 6.07 Å². The van der Waals surface area contributed by atoms with Gasteiger partial charge in [0.25, 0.3) is 0 Å². The molecule has 130 valence electrons. The van der Waals surface area contributed by atoms with E-state index >= 15 is 0 Å². The predicted molar refractivity (Wildman–Crippen MR) is 95.5 cm³/mol. The molecule has 2 saturated carbocycles. The van der Waals surface area contributed by atoms with Crippen LogP contribution in [0.1, 0.15) is 49.3 Å². The third-order valence-electron chi connectivity index (χ3n) is 5.87. The lowest BCUT2D eigenvalue weighted by Crippen LogP contribution is -2.44. The molecule has 1 aromatic carbocycles. The Morgan fingerprint density at radius 3 is 2.80 bits per heavy atom. The number of benzene rings is 1. The molecule has 2 fully saturated rings. The summed E-state index contributed by atoms with van der Waals surface area (Å²) in [6.45, 7) is 4.72. The fraction of sp³-hybridized carbons (Fsp3) is 0.579. The number of aromatic nitrogens is 3. The Hall–Kier alpha value is -2.24. The number of anilines is 2. The van der Waals surface area contributed by atoms with Crippen LogP contribution in [0.4, 0.5) is 11.4 Å². The second kappa shape index (κ2) is 5.13. The van der Waals surface area contributed by atoms with Crippen molar-refractivity contribution in [3.05, 3.63) is 29.8 Å². The zero-order chi connectivity index (χ0) is 16.4. The summed E-state index contributed by atoms with van der Waals surface area (Å²) in [6, 6.07) is 7.07. The van der Waals surface area contributed by atoms with E-state index < -0.39 is 0 Å². The molecule has 6 heteroatoms. The summed E-state index contributed by atoms with van der Waals surface area (Å²) >= 11 is 0. The van der Waals surface area contributed by atoms with Crippen molar-refractivity contribution in [2.24, 2.45) is 0 Å². The van der Waals surface area contributed by atoms with Gasteiger partial charge in [-0.3, -0.25) is 0 Å². The molecule has 6 nitrogen and oxygen atoms in total. The van der Waals surface area contributed by atoms with Gasteiger partial charge in [-0.25, -0.2) is 0 Å². The Bertz CT molecular complexity index is 823. The van der Waals surface area contributed by atoms with Crippen molar-refractivity contribution in [3.63, 3.8) is 0 Å². The monoisotopic (exact) mass is 337 g/mol. The van der Waals surface area contributed by atoms with Crippen LogP contribution in [-0.4, -0.2) is 41.0 Å². The number of hydrogen-bond acceptors (Lipinski definition) is 5. The molecule has 1 aromatic heterocycles. The fourth-order valence-corrected chi connectivity index (χ4v) is 4.29. The summed E-state index contributed by atoms with van der Waals surface area (Å²) in [4.78, 5) is 4.93. The highest BCUT2D eigenvalue weighted by atomic mass is 16.5. The van der Waals surface area contributed by atoms with Crippen LogP contribution in [0.5, 0.6) is 5.75 Å². The lowest BCUT2D eigenvalue weighted by Gasteiger charge is -2.41. The normalized spacial score (nSPS) is 21.9. The number of nitrogens with zero attached hydrogens (tertiary/aromatic N) is 5. The Kier molecular flexibility index (Phi) is 2.87. The van der Waals surface area contributed by atoms with Crippen molar-refractivity contribution >= 4 is 11.4 Å². The topological polar surface area (TPSA) is 46.4 Å². The maximum Gasteiger partial charge on any atom is 0.152 e. The summed E-state index contributed by atoms with van der Waals surface area (Å²) in [6.07, 6.45) is 5.14. The first kappa shape index (κ1) is 14.0. The van der Waals surface area contributed by atoms with Gasteiger partial charge in [0.05, 0.1) is 18.8 Å². The first-order valence-electron chi connectivity index (χ1n) is 9.58. The van der Waals surface area contributed by atoms with E-state index in [0.29, 0.717) is 12.0 Å². The standard InChI is InChI=1S/C19H23N5O/c1-2-15-18-16(3-1)25-11-10-22(18)8-9-23(15)12-17-20-21-19(13-4-5-13)24(17)14-6-7-14/h1-3,13-14H,4-12H2. The van der Waals surface area contributed by atoms with Crippen LogP contribution in [0.25, 0.3) is 0 Å². The van der Waals surface area contributed by atoms with Crippen molar-refractivity contribution in [1.82, 2.24) is 14.8 Å². The molecule has 3 heterocycles. The average molecular weight is 337 g/mol. The van der Waals surface area contributed by atoms with Crippen LogP contribution in [0.2, 0.25) is 0 Å². The number of para-hydroxylation sites is 1. The molecule has 0 spiro atoms. The van der Waals surface area contributed by atoms with Crippen LogP contribution in [-0.2, 0) is 6.54 Å². The third kappa shape index (κ3) is 2.23. The molecule has 0 unspecified atom stereocenters. The molecule has 0 amide bonds. The van der Waals surface area contributed by atoms with Crippen LogP contribution < -0.4 is 14.5 Å². The second-order valence-electron chi connectivity index (χ2n) is 7.73. The number of hydrogen-bond donors (Lipinski definition) is 0. The summed E-state index contributed by atoms with van der Waals surface area (Å²) in [5.74, 6) is 4.08. The summed E-state index contributed by atoms with van der Waals surface area (Å²) in [5.41, 5.74) is 2.54. The third-order valence-corrected chi connectivity index (χ3v) is 5.87. The van der Waals surface area contributed by atoms with Crippen molar-refractivity contribution in [3.8, 4) is 5.75 Å². The Labute approximate surface area is 147 Å². The molecular formula is C19H23N5O. The Morgan fingerprint density at radius 1 is 1.04 bits per heavy atom. The highest BCUT2D eigenvalue weighted by molar-refractivity contribution is 5.80. The van der Waals surface area contributed by atoms with Gasteiger partial charge >= 0.3 is 0 Å². The van der Waals surface area contributed by atoms with E-state index in [1.807, 2.05) is 0 Å². The van der Waals surface area contributed by atoms with E-state index in [0.717, 1.165) is 44.4 Å². The number of ether oxygens (including phenoxy) is 1. The minimum Gasteiger partial charge on any atom is -0.489 e. The van der Waals surface area contributed by atoms with E-state index in [-0.39, 0.29) is 0 Å².